The second kappa shape index (κ2) is 12.9. The molecule has 8 nitrogen and oxygen atoms in total. The van der Waals surface area contributed by atoms with Crippen molar-refractivity contribution >= 4 is 23.2 Å². The number of hydrogen-bond donors (Lipinski definition) is 1. The second-order valence-corrected chi connectivity index (χ2v) is 13.1. The summed E-state index contributed by atoms with van der Waals surface area (Å²) < 4.78 is 47.1. The Morgan fingerprint density at radius 1 is 1.04 bits per heavy atom. The van der Waals surface area contributed by atoms with Crippen molar-refractivity contribution in [3.63, 3.8) is 0 Å². The van der Waals surface area contributed by atoms with Gasteiger partial charge in [0.2, 0.25) is 18.2 Å². The van der Waals surface area contributed by atoms with Gasteiger partial charge in [0.1, 0.15) is 5.82 Å². The standard InChI is InChI=1S/C37H36F3N5O3/c1-2-35(47)45-13-3-4-24-18-27(7-10-33(24)45)44-14-11-37(12-15-44)21-25(28-8-6-26(38)20-29(28)37)19-34(46)42-32(36-41-22-48-43-36)17-23-5-9-30(39)31(40)16-23/h2,5-10,16,18,20,22,25,32H,1,3-4,11-15,17,19,21H2,(H,42,46)/t25-,32-/m1/s1. The summed E-state index contributed by atoms with van der Waals surface area (Å²) in [4.78, 5) is 34.2. The molecular formula is C37H36F3N5O3. The van der Waals surface area contributed by atoms with Gasteiger partial charge in [0.05, 0.1) is 6.04 Å². The molecule has 3 aliphatic rings. The summed E-state index contributed by atoms with van der Waals surface area (Å²) in [7, 11) is 0. The number of piperidine rings is 1. The van der Waals surface area contributed by atoms with Gasteiger partial charge in [-0.05, 0) is 114 Å². The summed E-state index contributed by atoms with van der Waals surface area (Å²) >= 11 is 0. The first-order valence-corrected chi connectivity index (χ1v) is 16.3. The monoisotopic (exact) mass is 655 g/mol. The van der Waals surface area contributed by atoms with E-state index in [1.54, 1.807) is 11.0 Å². The smallest absolute Gasteiger partial charge is 0.250 e. The Balaban J connectivity index is 1.06. The lowest BCUT2D eigenvalue weighted by Gasteiger charge is -2.42. The molecule has 1 aromatic heterocycles. The Kier molecular flexibility index (Phi) is 8.53. The molecule has 248 valence electrons. The van der Waals surface area contributed by atoms with E-state index in [4.69, 9.17) is 4.52 Å². The van der Waals surface area contributed by atoms with Crippen molar-refractivity contribution < 1.29 is 27.3 Å². The Bertz CT molecular complexity index is 1850. The molecule has 1 fully saturated rings. The molecule has 2 atom stereocenters. The molecule has 7 rings (SSSR count). The van der Waals surface area contributed by atoms with Crippen LogP contribution in [0.3, 0.4) is 0 Å². The highest BCUT2D eigenvalue weighted by molar-refractivity contribution is 6.02. The molecule has 0 radical (unpaired) electrons. The predicted octanol–water partition coefficient (Wildman–Crippen LogP) is 6.47. The van der Waals surface area contributed by atoms with E-state index in [9.17, 15) is 22.8 Å². The molecule has 1 spiro atoms. The van der Waals surface area contributed by atoms with E-state index in [-0.39, 0.29) is 47.6 Å². The maximum absolute atomic E-state index is 14.7. The fourth-order valence-corrected chi connectivity index (χ4v) is 7.92. The molecule has 0 saturated carbocycles. The number of amides is 2. The first-order valence-electron chi connectivity index (χ1n) is 16.3. The van der Waals surface area contributed by atoms with E-state index in [1.165, 1.54) is 18.2 Å². The number of carbonyl (C=O) groups is 2. The SMILES string of the molecule is C=CC(=O)N1CCCc2cc(N3CCC4(CC3)C[C@@H](CC(=O)N[C@H](Cc3ccc(F)c(F)c3)c3ncon3)c3ccc(F)cc34)ccc21. The van der Waals surface area contributed by atoms with Crippen LogP contribution in [0.25, 0.3) is 0 Å². The zero-order chi connectivity index (χ0) is 33.4. The highest BCUT2D eigenvalue weighted by Crippen LogP contribution is 2.53. The van der Waals surface area contributed by atoms with Gasteiger partial charge < -0.3 is 19.6 Å². The average molecular weight is 656 g/mol. The van der Waals surface area contributed by atoms with Crippen molar-refractivity contribution in [2.45, 2.75) is 62.3 Å². The number of aromatic nitrogens is 2. The molecule has 3 aromatic carbocycles. The van der Waals surface area contributed by atoms with Crippen molar-refractivity contribution in [3.05, 3.63) is 119 Å². The number of aryl methyl sites for hydroxylation is 1. The molecule has 48 heavy (non-hydrogen) atoms. The van der Waals surface area contributed by atoms with Crippen LogP contribution in [-0.2, 0) is 27.8 Å². The lowest BCUT2D eigenvalue weighted by atomic mass is 9.73. The predicted molar refractivity (Wildman–Crippen MR) is 174 cm³/mol. The quantitative estimate of drug-likeness (QED) is 0.219. The molecule has 1 N–H and O–H groups in total. The zero-order valence-corrected chi connectivity index (χ0v) is 26.4. The first kappa shape index (κ1) is 31.7. The highest BCUT2D eigenvalue weighted by Gasteiger charge is 2.46. The molecule has 0 unspecified atom stereocenters. The van der Waals surface area contributed by atoms with Crippen molar-refractivity contribution in [1.29, 1.82) is 0 Å². The lowest BCUT2D eigenvalue weighted by Crippen LogP contribution is -2.42. The number of benzene rings is 3. The van der Waals surface area contributed by atoms with Gasteiger partial charge in [-0.1, -0.05) is 23.9 Å². The number of fused-ring (bicyclic) bond motifs is 3. The summed E-state index contributed by atoms with van der Waals surface area (Å²) in [5.74, 6) is -2.46. The normalized spacial score (nSPS) is 18.7. The van der Waals surface area contributed by atoms with Crippen LogP contribution in [0.15, 0.2) is 78.2 Å². The average Bonchev–Trinajstić information content (AvgIpc) is 3.73. The van der Waals surface area contributed by atoms with Crippen LogP contribution < -0.4 is 15.1 Å². The van der Waals surface area contributed by atoms with Crippen LogP contribution in [0.1, 0.15) is 72.1 Å². The molecule has 1 aliphatic carbocycles. The highest BCUT2D eigenvalue weighted by atomic mass is 19.2. The molecule has 2 amide bonds. The van der Waals surface area contributed by atoms with E-state index < -0.39 is 17.7 Å². The number of rotatable bonds is 8. The maximum atomic E-state index is 14.7. The first-order chi connectivity index (χ1) is 23.2. The molecular weight excluding hydrogens is 619 g/mol. The number of nitrogens with one attached hydrogen (secondary N) is 1. The summed E-state index contributed by atoms with van der Waals surface area (Å²) in [6.07, 6.45) is 6.95. The third kappa shape index (κ3) is 6.09. The van der Waals surface area contributed by atoms with Crippen LogP contribution in [0.2, 0.25) is 0 Å². The third-order valence-corrected chi connectivity index (χ3v) is 10.3. The number of halogens is 3. The fraction of sp³-hybridized carbons (Fsp3) is 0.351. The van der Waals surface area contributed by atoms with Gasteiger partial charge in [0, 0.05) is 43.9 Å². The van der Waals surface area contributed by atoms with E-state index in [2.05, 4.69) is 39.1 Å². The summed E-state index contributed by atoms with van der Waals surface area (Å²) in [5.41, 5.74) is 5.36. The zero-order valence-electron chi connectivity index (χ0n) is 26.4. The number of nitrogens with zero attached hydrogens (tertiary/aromatic N) is 4. The summed E-state index contributed by atoms with van der Waals surface area (Å²) in [6, 6.07) is 14.1. The summed E-state index contributed by atoms with van der Waals surface area (Å²) in [6.45, 7) is 5.88. The number of hydrogen-bond acceptors (Lipinski definition) is 6. The largest absolute Gasteiger partial charge is 0.371 e. The van der Waals surface area contributed by atoms with Crippen molar-refractivity contribution in [3.8, 4) is 0 Å². The fourth-order valence-electron chi connectivity index (χ4n) is 7.92. The number of carbonyl (C=O) groups excluding carboxylic acids is 2. The van der Waals surface area contributed by atoms with Gasteiger partial charge >= 0.3 is 0 Å². The molecule has 2 aliphatic heterocycles. The van der Waals surface area contributed by atoms with Crippen LogP contribution >= 0.6 is 0 Å². The molecule has 3 heterocycles. The van der Waals surface area contributed by atoms with Crippen LogP contribution in [0, 0.1) is 17.5 Å². The van der Waals surface area contributed by atoms with Crippen LogP contribution in [0.5, 0.6) is 0 Å². The number of anilines is 2. The van der Waals surface area contributed by atoms with Gasteiger partial charge in [0.25, 0.3) is 0 Å². The Morgan fingerprint density at radius 3 is 2.62 bits per heavy atom. The van der Waals surface area contributed by atoms with Gasteiger partial charge in [-0.15, -0.1) is 0 Å². The van der Waals surface area contributed by atoms with Crippen LogP contribution in [0.4, 0.5) is 24.5 Å². The topological polar surface area (TPSA) is 91.6 Å². The van der Waals surface area contributed by atoms with E-state index in [0.29, 0.717) is 18.5 Å². The van der Waals surface area contributed by atoms with Crippen LogP contribution in [-0.4, -0.2) is 41.6 Å². The van der Waals surface area contributed by atoms with E-state index in [1.807, 2.05) is 12.1 Å². The van der Waals surface area contributed by atoms with Gasteiger partial charge in [-0.25, -0.2) is 13.2 Å². The Hall–Kier alpha value is -4.93. The molecule has 11 heteroatoms. The minimum atomic E-state index is -0.977. The van der Waals surface area contributed by atoms with Gasteiger partial charge in [-0.3, -0.25) is 9.59 Å². The van der Waals surface area contributed by atoms with Gasteiger partial charge in [0.15, 0.2) is 17.5 Å². The maximum Gasteiger partial charge on any atom is 0.250 e. The molecule has 0 bridgehead atoms. The van der Waals surface area contributed by atoms with Crippen molar-refractivity contribution in [2.75, 3.05) is 29.4 Å². The Labute approximate surface area is 276 Å². The lowest BCUT2D eigenvalue weighted by molar-refractivity contribution is -0.122. The Morgan fingerprint density at radius 2 is 1.88 bits per heavy atom. The summed E-state index contributed by atoms with van der Waals surface area (Å²) in [5, 5.41) is 6.86. The molecule has 4 aromatic rings. The van der Waals surface area contributed by atoms with Crippen molar-refractivity contribution in [1.82, 2.24) is 15.5 Å². The van der Waals surface area contributed by atoms with Crippen molar-refractivity contribution in [2.24, 2.45) is 0 Å². The van der Waals surface area contributed by atoms with Gasteiger partial charge in [-0.2, -0.15) is 4.98 Å². The molecule has 1 saturated heterocycles. The third-order valence-electron chi connectivity index (χ3n) is 10.3. The van der Waals surface area contributed by atoms with E-state index >= 15 is 0 Å². The van der Waals surface area contributed by atoms with E-state index in [0.717, 1.165) is 85.4 Å². The minimum Gasteiger partial charge on any atom is -0.371 e. The minimum absolute atomic E-state index is 0.0902. The second-order valence-electron chi connectivity index (χ2n) is 13.1.